The molecule has 2 fully saturated rings. The summed E-state index contributed by atoms with van der Waals surface area (Å²) >= 11 is 8.14. The first-order valence-corrected chi connectivity index (χ1v) is 11.1. The van der Waals surface area contributed by atoms with E-state index in [2.05, 4.69) is 15.5 Å². The second kappa shape index (κ2) is 9.07. The summed E-state index contributed by atoms with van der Waals surface area (Å²) in [4.78, 5) is 38.4. The molecule has 11 heteroatoms. The molecule has 2 saturated heterocycles. The van der Waals surface area contributed by atoms with Gasteiger partial charge in [0.25, 0.3) is 5.24 Å². The van der Waals surface area contributed by atoms with Gasteiger partial charge in [-0.2, -0.15) is 0 Å². The van der Waals surface area contributed by atoms with Gasteiger partial charge in [0.2, 0.25) is 5.91 Å². The summed E-state index contributed by atoms with van der Waals surface area (Å²) in [5.41, 5.74) is 0.488. The van der Waals surface area contributed by atoms with Crippen LogP contribution in [0.2, 0.25) is 5.02 Å². The van der Waals surface area contributed by atoms with E-state index in [1.165, 1.54) is 22.9 Å². The Kier molecular flexibility index (Phi) is 6.26. The summed E-state index contributed by atoms with van der Waals surface area (Å²) in [6, 6.07) is 10.0. The molecule has 2 aliphatic heterocycles. The molecule has 2 aromatic rings. The highest BCUT2D eigenvalue weighted by Crippen LogP contribution is 2.32. The van der Waals surface area contributed by atoms with Crippen molar-refractivity contribution in [3.8, 4) is 0 Å². The molecule has 1 atom stereocenters. The zero-order valence-electron chi connectivity index (χ0n) is 15.4. The third-order valence-electron chi connectivity index (χ3n) is 4.29. The quantitative estimate of drug-likeness (QED) is 0.517. The summed E-state index contributed by atoms with van der Waals surface area (Å²) in [7, 11) is 0. The van der Waals surface area contributed by atoms with Crippen molar-refractivity contribution in [2.45, 2.75) is 18.2 Å². The van der Waals surface area contributed by atoms with E-state index in [1.807, 2.05) is 0 Å². The third-order valence-corrected chi connectivity index (χ3v) is 6.49. The SMILES string of the molecule is O=C1N/C(=N/N=C2\S[C@H](CC(=O)c3ccc(Cl)cc3)C(=O)N2Cc2ccco2)CS1. The van der Waals surface area contributed by atoms with Crippen LogP contribution in [-0.2, 0) is 11.3 Å². The van der Waals surface area contributed by atoms with Crippen molar-refractivity contribution in [3.05, 3.63) is 59.0 Å². The maximum Gasteiger partial charge on any atom is 0.284 e. The topological polar surface area (TPSA) is 104 Å². The highest BCUT2D eigenvalue weighted by Gasteiger charge is 2.40. The monoisotopic (exact) mass is 462 g/mol. The summed E-state index contributed by atoms with van der Waals surface area (Å²) in [6.45, 7) is 0.176. The standard InChI is InChI=1S/C19H15ClN4O4S2/c20-12-5-3-11(4-6-12)14(25)8-15-17(26)24(9-13-2-1-7-28-13)18(30-15)23-22-16-10-29-19(27)21-16/h1-7,15H,8-10H2,(H,21,22,27)/b23-18-/t15-/m1/s1. The molecule has 1 aromatic carbocycles. The molecule has 154 valence electrons. The maximum atomic E-state index is 13.0. The predicted molar refractivity (Wildman–Crippen MR) is 117 cm³/mol. The lowest BCUT2D eigenvalue weighted by Gasteiger charge is -2.14. The first-order chi connectivity index (χ1) is 14.5. The molecule has 0 unspecified atom stereocenters. The van der Waals surface area contributed by atoms with Gasteiger partial charge in [-0.3, -0.25) is 19.3 Å². The second-order valence-electron chi connectivity index (χ2n) is 6.37. The van der Waals surface area contributed by atoms with Gasteiger partial charge in [-0.25, -0.2) is 0 Å². The van der Waals surface area contributed by atoms with E-state index in [-0.39, 0.29) is 29.9 Å². The number of Topliss-reactive ketones (excluding diaryl/α,β-unsaturated/α-hetero) is 1. The fourth-order valence-electron chi connectivity index (χ4n) is 2.82. The van der Waals surface area contributed by atoms with Gasteiger partial charge >= 0.3 is 0 Å². The van der Waals surface area contributed by atoms with Gasteiger partial charge in [0.15, 0.2) is 11.0 Å². The molecule has 3 heterocycles. The smallest absolute Gasteiger partial charge is 0.284 e. The summed E-state index contributed by atoms with van der Waals surface area (Å²) < 4.78 is 5.35. The van der Waals surface area contributed by atoms with Crippen molar-refractivity contribution in [1.82, 2.24) is 10.2 Å². The molecule has 1 N–H and O–H groups in total. The zero-order chi connectivity index (χ0) is 21.1. The van der Waals surface area contributed by atoms with Crippen molar-refractivity contribution in [3.63, 3.8) is 0 Å². The number of benzene rings is 1. The number of nitrogens with one attached hydrogen (secondary N) is 1. The average molecular weight is 463 g/mol. The summed E-state index contributed by atoms with van der Waals surface area (Å²) in [5.74, 6) is 0.984. The van der Waals surface area contributed by atoms with Crippen LogP contribution >= 0.6 is 35.1 Å². The van der Waals surface area contributed by atoms with E-state index in [0.717, 1.165) is 11.8 Å². The number of thioether (sulfide) groups is 2. The Morgan fingerprint density at radius 3 is 2.70 bits per heavy atom. The van der Waals surface area contributed by atoms with E-state index in [0.29, 0.717) is 33.1 Å². The van der Waals surface area contributed by atoms with Crippen molar-refractivity contribution in [1.29, 1.82) is 0 Å². The van der Waals surface area contributed by atoms with E-state index in [9.17, 15) is 14.4 Å². The van der Waals surface area contributed by atoms with Crippen LogP contribution in [0.15, 0.2) is 57.3 Å². The van der Waals surface area contributed by atoms with Crippen LogP contribution in [-0.4, -0.2) is 43.8 Å². The van der Waals surface area contributed by atoms with Crippen LogP contribution in [0.5, 0.6) is 0 Å². The van der Waals surface area contributed by atoms with Gasteiger partial charge in [-0.05, 0) is 36.4 Å². The molecule has 0 radical (unpaired) electrons. The minimum Gasteiger partial charge on any atom is -0.467 e. The van der Waals surface area contributed by atoms with Crippen LogP contribution in [0.1, 0.15) is 22.5 Å². The van der Waals surface area contributed by atoms with Crippen LogP contribution in [0.4, 0.5) is 4.79 Å². The number of carbonyl (C=O) groups is 3. The van der Waals surface area contributed by atoms with Crippen LogP contribution in [0, 0.1) is 0 Å². The van der Waals surface area contributed by atoms with Gasteiger partial charge in [0.1, 0.15) is 11.6 Å². The minimum absolute atomic E-state index is 0.0158. The highest BCUT2D eigenvalue weighted by molar-refractivity contribution is 8.15. The largest absolute Gasteiger partial charge is 0.467 e. The molecular formula is C19H15ClN4O4S2. The molecule has 1 aromatic heterocycles. The fraction of sp³-hybridized carbons (Fsp3) is 0.211. The molecule has 0 saturated carbocycles. The normalized spacial score (nSPS) is 21.6. The maximum absolute atomic E-state index is 13.0. The molecule has 30 heavy (non-hydrogen) atoms. The number of carbonyl (C=O) groups excluding carboxylic acids is 3. The molecule has 0 aliphatic carbocycles. The molecule has 2 aliphatic rings. The average Bonchev–Trinajstić information content (AvgIpc) is 3.45. The number of halogens is 1. The first kappa shape index (κ1) is 20.7. The van der Waals surface area contributed by atoms with E-state index >= 15 is 0 Å². The third kappa shape index (κ3) is 4.77. The number of hydrogen-bond acceptors (Lipinski definition) is 8. The number of furan rings is 1. The Labute approximate surface area is 185 Å². The second-order valence-corrected chi connectivity index (χ2v) is 8.93. The molecule has 0 spiro atoms. The number of amides is 2. The molecular weight excluding hydrogens is 448 g/mol. The number of amidine groups is 2. The van der Waals surface area contributed by atoms with Gasteiger partial charge in [0, 0.05) is 17.0 Å². The number of ketones is 1. The Morgan fingerprint density at radius 1 is 1.23 bits per heavy atom. The van der Waals surface area contributed by atoms with Crippen LogP contribution in [0.25, 0.3) is 0 Å². The van der Waals surface area contributed by atoms with Gasteiger partial charge in [0.05, 0.1) is 23.8 Å². The molecule has 2 amide bonds. The van der Waals surface area contributed by atoms with Gasteiger partial charge in [-0.15, -0.1) is 10.2 Å². The lowest BCUT2D eigenvalue weighted by Crippen LogP contribution is -2.32. The lowest BCUT2D eigenvalue weighted by molar-refractivity contribution is -0.126. The van der Waals surface area contributed by atoms with Crippen molar-refractivity contribution in [2.24, 2.45) is 10.2 Å². The first-order valence-electron chi connectivity index (χ1n) is 8.87. The molecule has 8 nitrogen and oxygen atoms in total. The summed E-state index contributed by atoms with van der Waals surface area (Å²) in [5, 5.41) is 10.9. The zero-order valence-corrected chi connectivity index (χ0v) is 17.8. The lowest BCUT2D eigenvalue weighted by atomic mass is 10.1. The van der Waals surface area contributed by atoms with E-state index < -0.39 is 5.25 Å². The van der Waals surface area contributed by atoms with E-state index in [4.69, 9.17) is 16.0 Å². The summed E-state index contributed by atoms with van der Waals surface area (Å²) in [6.07, 6.45) is 1.54. The van der Waals surface area contributed by atoms with Gasteiger partial charge in [-0.1, -0.05) is 35.1 Å². The van der Waals surface area contributed by atoms with Gasteiger partial charge < -0.3 is 9.73 Å². The van der Waals surface area contributed by atoms with Crippen LogP contribution in [0.3, 0.4) is 0 Å². The van der Waals surface area contributed by atoms with Crippen LogP contribution < -0.4 is 5.32 Å². The van der Waals surface area contributed by atoms with E-state index in [1.54, 1.807) is 36.4 Å². The van der Waals surface area contributed by atoms with Crippen molar-refractivity contribution >= 4 is 63.1 Å². The van der Waals surface area contributed by atoms with Crippen molar-refractivity contribution < 1.29 is 18.8 Å². The Morgan fingerprint density at radius 2 is 2.03 bits per heavy atom. The Bertz CT molecular complexity index is 1040. The number of hydrogen-bond donors (Lipinski definition) is 1. The van der Waals surface area contributed by atoms with Crippen molar-refractivity contribution in [2.75, 3.05) is 5.75 Å². The Hall–Kier alpha value is -2.56. The minimum atomic E-state index is -0.630. The molecule has 4 rings (SSSR count). The highest BCUT2D eigenvalue weighted by atomic mass is 35.5. The Balaban J connectivity index is 1.53. The molecule has 0 bridgehead atoms. The number of rotatable bonds is 6. The fourth-order valence-corrected chi connectivity index (χ4v) is 4.62. The number of nitrogens with zero attached hydrogens (tertiary/aromatic N) is 3. The predicted octanol–water partition coefficient (Wildman–Crippen LogP) is 3.78.